The van der Waals surface area contributed by atoms with Crippen LogP contribution in [0.5, 0.6) is 0 Å². The summed E-state index contributed by atoms with van der Waals surface area (Å²) in [5.41, 5.74) is 3.13. The third kappa shape index (κ3) is 6.01. The lowest BCUT2D eigenvalue weighted by Crippen LogP contribution is -2.35. The summed E-state index contributed by atoms with van der Waals surface area (Å²) in [6.45, 7) is 22.4. The molecular weight excluding hydrogens is 446 g/mol. The molecule has 0 radical (unpaired) electrons. The van der Waals surface area contributed by atoms with E-state index in [1.54, 1.807) is 0 Å². The number of hydrogen-bond donors (Lipinski definition) is 0. The molecule has 0 amide bonds. The first-order chi connectivity index (χ1) is 17.1. The highest BCUT2D eigenvalue weighted by Gasteiger charge is 2.39. The van der Waals surface area contributed by atoms with Crippen molar-refractivity contribution in [3.8, 4) is 0 Å². The Hall–Kier alpha value is -2.23. The van der Waals surface area contributed by atoms with Crippen molar-refractivity contribution in [2.75, 3.05) is 0 Å². The van der Waals surface area contributed by atoms with Crippen molar-refractivity contribution in [2.24, 2.45) is 34.3 Å². The molecule has 1 aromatic heterocycles. The number of hydrogen-bond acceptors (Lipinski definition) is 4. The first kappa shape index (κ1) is 30.0. The predicted molar refractivity (Wildman–Crippen MR) is 153 cm³/mol. The van der Waals surface area contributed by atoms with Gasteiger partial charge in [-0.25, -0.2) is 0 Å². The molecule has 4 atom stereocenters. The maximum atomic E-state index is 12.1. The Bertz CT molecular complexity index is 1020. The van der Waals surface area contributed by atoms with Gasteiger partial charge in [0.1, 0.15) is 11.3 Å². The number of carbonyl (C=O) groups excluding carboxylic acids is 1. The number of aldehydes is 1. The number of furan rings is 1. The van der Waals surface area contributed by atoms with Gasteiger partial charge in [0, 0.05) is 10.9 Å². The van der Waals surface area contributed by atoms with Gasteiger partial charge in [-0.15, -0.1) is 11.5 Å². The maximum Gasteiger partial charge on any atom is 0.156 e. The van der Waals surface area contributed by atoms with Gasteiger partial charge in [0.25, 0.3) is 0 Å². The first-order valence-electron chi connectivity index (χ1n) is 14.1. The van der Waals surface area contributed by atoms with Crippen LogP contribution in [-0.4, -0.2) is 6.29 Å². The van der Waals surface area contributed by atoms with E-state index in [-0.39, 0.29) is 16.7 Å². The van der Waals surface area contributed by atoms with Crippen LogP contribution in [-0.2, 0) is 6.42 Å². The topological polar surface area (TPSA) is 59.6 Å². The average Bonchev–Trinajstić information content (AvgIpc) is 3.25. The van der Waals surface area contributed by atoms with Gasteiger partial charge in [-0.2, -0.15) is 0 Å². The molecule has 0 aliphatic heterocycles. The molecule has 2 aromatic rings. The second-order valence-corrected chi connectivity index (χ2v) is 11.6. The Balaban J connectivity index is 2.62. The van der Waals surface area contributed by atoms with E-state index < -0.39 is 0 Å². The molecule has 0 aliphatic carbocycles. The zero-order valence-corrected chi connectivity index (χ0v) is 24.0. The number of fused-ring (bicyclic) bond motifs is 1. The van der Waals surface area contributed by atoms with Gasteiger partial charge in [0.2, 0.25) is 0 Å². The number of nitrogens with zero attached hydrogens (tertiary/aromatic N) is 1. The molecule has 0 saturated carbocycles. The molecule has 0 saturated heterocycles. The lowest BCUT2D eigenvalue weighted by molar-refractivity contribution is 0.107. The molecule has 2 rings (SSSR count). The highest BCUT2D eigenvalue weighted by atomic mass is 16.3. The number of nitroso groups, excluding NO2 is 1. The highest BCUT2D eigenvalue weighted by Crippen LogP contribution is 2.49. The van der Waals surface area contributed by atoms with Crippen LogP contribution in [0.2, 0.25) is 0 Å². The fourth-order valence-electron chi connectivity index (χ4n) is 6.70. The van der Waals surface area contributed by atoms with Crippen LogP contribution in [0.1, 0.15) is 121 Å². The third-order valence-corrected chi connectivity index (χ3v) is 8.63. The summed E-state index contributed by atoms with van der Waals surface area (Å²) < 4.78 is 6.01. The van der Waals surface area contributed by atoms with Crippen LogP contribution >= 0.6 is 0 Å². The van der Waals surface area contributed by atoms with Crippen molar-refractivity contribution >= 4 is 22.9 Å². The van der Waals surface area contributed by atoms with Crippen LogP contribution < -0.4 is 0 Å². The van der Waals surface area contributed by atoms with Crippen LogP contribution in [0.15, 0.2) is 34.6 Å². The summed E-state index contributed by atoms with van der Waals surface area (Å²) in [7, 11) is 0. The molecule has 0 N–H and O–H groups in total. The minimum atomic E-state index is 0.124. The second kappa shape index (κ2) is 13.4. The lowest BCUT2D eigenvalue weighted by atomic mass is 9.61. The highest BCUT2D eigenvalue weighted by molar-refractivity contribution is 6.02. The Labute approximate surface area is 219 Å². The zero-order chi connectivity index (χ0) is 27.0. The molecule has 4 heteroatoms. The van der Waals surface area contributed by atoms with Gasteiger partial charge in [-0.1, -0.05) is 74.3 Å². The Morgan fingerprint density at radius 3 is 2.22 bits per heavy atom. The summed E-state index contributed by atoms with van der Waals surface area (Å²) in [6.07, 6.45) is 12.2. The second-order valence-electron chi connectivity index (χ2n) is 11.6. The van der Waals surface area contributed by atoms with Crippen molar-refractivity contribution in [3.05, 3.63) is 46.6 Å². The van der Waals surface area contributed by atoms with Crippen LogP contribution in [0, 0.1) is 34.0 Å². The molecule has 1 aromatic carbocycles. The van der Waals surface area contributed by atoms with E-state index in [2.05, 4.69) is 79.3 Å². The number of benzene rings is 1. The minimum Gasteiger partial charge on any atom is -0.463 e. The maximum absolute atomic E-state index is 12.1. The van der Waals surface area contributed by atoms with Gasteiger partial charge >= 0.3 is 0 Å². The number of carbonyl (C=O) groups is 1. The van der Waals surface area contributed by atoms with Crippen molar-refractivity contribution in [2.45, 2.75) is 106 Å². The summed E-state index contributed by atoms with van der Waals surface area (Å²) in [5, 5.41) is 4.21. The summed E-state index contributed by atoms with van der Waals surface area (Å²) >= 11 is 0. The van der Waals surface area contributed by atoms with Gasteiger partial charge in [-0.05, 0) is 83.9 Å². The SMILES string of the molecule is C=CC(CC)(C(C)C)C(CCC)CC(C)C(CCC)c1coc2c(C=O)c(N=O)c(CC(C)C)cc12. The van der Waals surface area contributed by atoms with E-state index in [0.29, 0.717) is 41.6 Å². The molecule has 200 valence electrons. The molecule has 0 bridgehead atoms. The monoisotopic (exact) mass is 495 g/mol. The van der Waals surface area contributed by atoms with E-state index >= 15 is 0 Å². The Morgan fingerprint density at radius 2 is 1.75 bits per heavy atom. The minimum absolute atomic E-state index is 0.124. The molecule has 4 unspecified atom stereocenters. The predicted octanol–water partition coefficient (Wildman–Crippen LogP) is 10.4. The van der Waals surface area contributed by atoms with Gasteiger partial charge in [-0.3, -0.25) is 4.79 Å². The summed E-state index contributed by atoms with van der Waals surface area (Å²) in [5.74, 6) is 2.18. The van der Waals surface area contributed by atoms with E-state index in [4.69, 9.17) is 4.42 Å². The normalized spacial score (nSPS) is 16.2. The van der Waals surface area contributed by atoms with Crippen LogP contribution in [0.25, 0.3) is 11.0 Å². The quantitative estimate of drug-likeness (QED) is 0.132. The molecule has 4 nitrogen and oxygen atoms in total. The standard InChI is InChI=1S/C32H49NO3/c1-10-14-25(32(12-3,13-4)22(7)8)17-23(9)26(15-11-2)29-20-36-31-27(29)18-24(16-21(5)6)30(33-35)28(31)19-34/h12,18-23,25-26H,3,10-11,13-17H2,1-2,4-9H3. The molecule has 0 spiro atoms. The van der Waals surface area contributed by atoms with E-state index in [0.717, 1.165) is 54.9 Å². The first-order valence-corrected chi connectivity index (χ1v) is 14.1. The van der Waals surface area contributed by atoms with Crippen molar-refractivity contribution in [1.29, 1.82) is 0 Å². The third-order valence-electron chi connectivity index (χ3n) is 8.63. The molecule has 36 heavy (non-hydrogen) atoms. The Kier molecular flexibility index (Phi) is 11.1. The lowest BCUT2D eigenvalue weighted by Gasteiger charge is -2.43. The average molecular weight is 496 g/mol. The van der Waals surface area contributed by atoms with Crippen LogP contribution in [0.4, 0.5) is 5.69 Å². The van der Waals surface area contributed by atoms with Gasteiger partial charge in [0.15, 0.2) is 6.29 Å². The van der Waals surface area contributed by atoms with Crippen molar-refractivity contribution in [1.82, 2.24) is 0 Å². The van der Waals surface area contributed by atoms with Crippen LogP contribution in [0.3, 0.4) is 0 Å². The largest absolute Gasteiger partial charge is 0.463 e. The smallest absolute Gasteiger partial charge is 0.156 e. The van der Waals surface area contributed by atoms with E-state index in [1.807, 2.05) is 6.26 Å². The molecule has 0 fully saturated rings. The van der Waals surface area contributed by atoms with Crippen molar-refractivity contribution < 1.29 is 9.21 Å². The van der Waals surface area contributed by atoms with Gasteiger partial charge < -0.3 is 4.42 Å². The van der Waals surface area contributed by atoms with Crippen molar-refractivity contribution in [3.63, 3.8) is 0 Å². The number of allylic oxidation sites excluding steroid dienone is 1. The fourth-order valence-corrected chi connectivity index (χ4v) is 6.70. The van der Waals surface area contributed by atoms with Gasteiger partial charge in [0.05, 0.1) is 11.8 Å². The van der Waals surface area contributed by atoms with E-state index in [9.17, 15) is 9.70 Å². The molecule has 0 aliphatic rings. The zero-order valence-electron chi connectivity index (χ0n) is 24.0. The van der Waals surface area contributed by atoms with E-state index in [1.165, 1.54) is 6.42 Å². The molecular formula is C32H49NO3. The summed E-state index contributed by atoms with van der Waals surface area (Å²) in [4.78, 5) is 23.8. The fraction of sp³-hybridized carbons (Fsp3) is 0.656. The Morgan fingerprint density at radius 1 is 1.08 bits per heavy atom. The summed E-state index contributed by atoms with van der Waals surface area (Å²) in [6, 6.07) is 2.06. The molecule has 1 heterocycles. The number of rotatable bonds is 16.